The van der Waals surface area contributed by atoms with Crippen LogP contribution in [0.5, 0.6) is 11.5 Å². The molecule has 4 rings (SSSR count). The van der Waals surface area contributed by atoms with E-state index in [1.807, 2.05) is 31.2 Å². The minimum absolute atomic E-state index is 0.0554. The lowest BCUT2D eigenvalue weighted by molar-refractivity contribution is -0.123. The Balaban J connectivity index is 1.19. The molecule has 0 unspecified atom stereocenters. The second kappa shape index (κ2) is 10.5. The number of hydrogen-bond donors (Lipinski definition) is 1. The van der Waals surface area contributed by atoms with E-state index in [0.29, 0.717) is 19.8 Å². The van der Waals surface area contributed by atoms with E-state index in [4.69, 9.17) is 9.47 Å². The fourth-order valence-electron chi connectivity index (χ4n) is 3.93. The highest BCUT2D eigenvalue weighted by atomic mass is 16.6. The predicted octanol–water partition coefficient (Wildman–Crippen LogP) is 2.97. The molecule has 1 fully saturated rings. The molecule has 2 aliphatic rings. The van der Waals surface area contributed by atoms with Crippen LogP contribution in [-0.2, 0) is 4.79 Å². The van der Waals surface area contributed by atoms with Crippen LogP contribution in [0.15, 0.2) is 54.6 Å². The number of ether oxygens (including phenoxy) is 2. The van der Waals surface area contributed by atoms with Gasteiger partial charge in [-0.25, -0.2) is 0 Å². The van der Waals surface area contributed by atoms with Gasteiger partial charge in [-0.15, -0.1) is 0 Å². The lowest BCUT2D eigenvalue weighted by Gasteiger charge is -2.33. The average molecular weight is 422 g/mol. The van der Waals surface area contributed by atoms with Crippen LogP contribution in [0.3, 0.4) is 0 Å². The molecule has 0 aromatic heterocycles. The molecule has 6 nitrogen and oxygen atoms in total. The molecule has 0 saturated carbocycles. The van der Waals surface area contributed by atoms with Gasteiger partial charge in [-0.3, -0.25) is 14.6 Å². The smallest absolute Gasteiger partial charge is 0.234 e. The zero-order valence-corrected chi connectivity index (χ0v) is 18.1. The van der Waals surface area contributed by atoms with Gasteiger partial charge >= 0.3 is 0 Å². The van der Waals surface area contributed by atoms with Gasteiger partial charge in [0.05, 0.1) is 12.6 Å². The molecule has 1 saturated heterocycles. The third kappa shape index (κ3) is 6.09. The summed E-state index contributed by atoms with van der Waals surface area (Å²) in [7, 11) is 0. The normalized spacial score (nSPS) is 18.1. The maximum Gasteiger partial charge on any atom is 0.234 e. The predicted molar refractivity (Wildman–Crippen MR) is 122 cm³/mol. The monoisotopic (exact) mass is 421 g/mol. The van der Waals surface area contributed by atoms with Crippen LogP contribution in [-0.4, -0.2) is 68.2 Å². The van der Waals surface area contributed by atoms with Crippen molar-refractivity contribution < 1.29 is 14.3 Å². The lowest BCUT2D eigenvalue weighted by Crippen LogP contribution is -2.49. The van der Waals surface area contributed by atoms with Crippen molar-refractivity contribution in [1.82, 2.24) is 15.1 Å². The summed E-state index contributed by atoms with van der Waals surface area (Å²) in [5.74, 6) is 1.58. The molecule has 2 aliphatic heterocycles. The van der Waals surface area contributed by atoms with E-state index < -0.39 is 0 Å². The third-order valence-corrected chi connectivity index (χ3v) is 5.75. The van der Waals surface area contributed by atoms with E-state index in [-0.39, 0.29) is 11.9 Å². The zero-order chi connectivity index (χ0) is 21.5. The van der Waals surface area contributed by atoms with Crippen molar-refractivity contribution in [2.45, 2.75) is 13.0 Å². The standard InChI is InChI=1S/C25H31N3O3/c1-20(22-9-10-23-24(18-22)31-17-16-30-23)26-25(29)19-28-14-12-27(13-15-28)11-5-8-21-6-3-2-4-7-21/h2-10,18,20H,11-17,19H2,1H3,(H,26,29)/b8-5+/t20-/m0/s1. The first-order valence-corrected chi connectivity index (χ1v) is 11.0. The van der Waals surface area contributed by atoms with Gasteiger partial charge < -0.3 is 14.8 Å². The van der Waals surface area contributed by atoms with E-state index in [2.05, 4.69) is 51.5 Å². The summed E-state index contributed by atoms with van der Waals surface area (Å²) in [5.41, 5.74) is 2.25. The molecular weight excluding hydrogens is 390 g/mol. The van der Waals surface area contributed by atoms with Gasteiger partial charge in [0.2, 0.25) is 5.91 Å². The van der Waals surface area contributed by atoms with Crippen LogP contribution in [0.2, 0.25) is 0 Å². The molecule has 2 heterocycles. The number of hydrogen-bond acceptors (Lipinski definition) is 5. The van der Waals surface area contributed by atoms with Crippen molar-refractivity contribution >= 4 is 12.0 Å². The van der Waals surface area contributed by atoms with Crippen molar-refractivity contribution in [1.29, 1.82) is 0 Å². The largest absolute Gasteiger partial charge is 0.486 e. The van der Waals surface area contributed by atoms with E-state index in [9.17, 15) is 4.79 Å². The molecule has 1 N–H and O–H groups in total. The Bertz CT molecular complexity index is 892. The zero-order valence-electron chi connectivity index (χ0n) is 18.1. The molecule has 0 bridgehead atoms. The third-order valence-electron chi connectivity index (χ3n) is 5.75. The van der Waals surface area contributed by atoms with Crippen molar-refractivity contribution in [3.63, 3.8) is 0 Å². The first-order valence-electron chi connectivity index (χ1n) is 11.0. The van der Waals surface area contributed by atoms with Crippen molar-refractivity contribution in [3.05, 3.63) is 65.7 Å². The van der Waals surface area contributed by atoms with E-state index >= 15 is 0 Å². The van der Waals surface area contributed by atoms with Gasteiger partial charge in [0.25, 0.3) is 0 Å². The number of amides is 1. The Kier molecular flexibility index (Phi) is 7.22. The summed E-state index contributed by atoms with van der Waals surface area (Å²) >= 11 is 0. The quantitative estimate of drug-likeness (QED) is 0.745. The summed E-state index contributed by atoms with van der Waals surface area (Å²) in [5, 5.41) is 3.11. The van der Waals surface area contributed by atoms with Crippen LogP contribution < -0.4 is 14.8 Å². The number of rotatable bonds is 7. The van der Waals surface area contributed by atoms with Gasteiger partial charge in [0.1, 0.15) is 13.2 Å². The summed E-state index contributed by atoms with van der Waals surface area (Å²) in [6.07, 6.45) is 4.38. The van der Waals surface area contributed by atoms with Crippen molar-refractivity contribution in [2.75, 3.05) is 52.5 Å². The molecule has 1 atom stereocenters. The summed E-state index contributed by atoms with van der Waals surface area (Å²) < 4.78 is 11.2. The molecule has 6 heteroatoms. The van der Waals surface area contributed by atoms with E-state index in [1.165, 1.54) is 5.56 Å². The van der Waals surface area contributed by atoms with Gasteiger partial charge in [0.15, 0.2) is 11.5 Å². The summed E-state index contributed by atoms with van der Waals surface area (Å²) in [6, 6.07) is 16.1. The van der Waals surface area contributed by atoms with Crippen molar-refractivity contribution in [3.8, 4) is 11.5 Å². The Labute approximate surface area is 184 Å². The Morgan fingerprint density at radius 3 is 2.48 bits per heavy atom. The van der Waals surface area contributed by atoms with Crippen LogP contribution >= 0.6 is 0 Å². The second-order valence-corrected chi connectivity index (χ2v) is 8.08. The van der Waals surface area contributed by atoms with Crippen LogP contribution in [0.25, 0.3) is 6.08 Å². The lowest BCUT2D eigenvalue weighted by atomic mass is 10.1. The second-order valence-electron chi connectivity index (χ2n) is 8.08. The van der Waals surface area contributed by atoms with E-state index in [0.717, 1.165) is 49.8 Å². The first-order chi connectivity index (χ1) is 15.2. The molecule has 0 spiro atoms. The van der Waals surface area contributed by atoms with Gasteiger partial charge in [0, 0.05) is 32.7 Å². The van der Waals surface area contributed by atoms with Crippen LogP contribution in [0.4, 0.5) is 0 Å². The minimum atomic E-state index is -0.0762. The van der Waals surface area contributed by atoms with Crippen LogP contribution in [0, 0.1) is 0 Å². The molecule has 1 amide bonds. The number of carbonyl (C=O) groups is 1. The Hall–Kier alpha value is -2.83. The van der Waals surface area contributed by atoms with Gasteiger partial charge in [-0.05, 0) is 30.2 Å². The highest BCUT2D eigenvalue weighted by Gasteiger charge is 2.20. The van der Waals surface area contributed by atoms with Gasteiger partial charge in [-0.2, -0.15) is 0 Å². The fourth-order valence-corrected chi connectivity index (χ4v) is 3.93. The number of carbonyl (C=O) groups excluding carboxylic acids is 1. The molecule has 0 aliphatic carbocycles. The number of fused-ring (bicyclic) bond motifs is 1. The highest BCUT2D eigenvalue weighted by molar-refractivity contribution is 5.78. The molecule has 2 aromatic carbocycles. The number of piperazine rings is 1. The number of nitrogens with zero attached hydrogens (tertiary/aromatic N) is 2. The fraction of sp³-hybridized carbons (Fsp3) is 0.400. The SMILES string of the molecule is C[C@H](NC(=O)CN1CCN(C/C=C/c2ccccc2)CC1)c1ccc2c(c1)OCCO2. The maximum absolute atomic E-state index is 12.6. The van der Waals surface area contributed by atoms with Gasteiger partial charge in [-0.1, -0.05) is 48.6 Å². The topological polar surface area (TPSA) is 54.0 Å². The highest BCUT2D eigenvalue weighted by Crippen LogP contribution is 2.32. The first kappa shape index (κ1) is 21.4. The Morgan fingerprint density at radius 2 is 1.71 bits per heavy atom. The van der Waals surface area contributed by atoms with E-state index in [1.54, 1.807) is 0 Å². The average Bonchev–Trinajstić information content (AvgIpc) is 2.80. The van der Waals surface area contributed by atoms with Crippen molar-refractivity contribution in [2.24, 2.45) is 0 Å². The minimum Gasteiger partial charge on any atom is -0.486 e. The summed E-state index contributed by atoms with van der Waals surface area (Å²) in [4.78, 5) is 17.2. The molecule has 31 heavy (non-hydrogen) atoms. The number of nitrogens with one attached hydrogen (secondary N) is 1. The Morgan fingerprint density at radius 1 is 1.00 bits per heavy atom. The molecule has 0 radical (unpaired) electrons. The molecular formula is C25H31N3O3. The molecule has 164 valence electrons. The summed E-state index contributed by atoms with van der Waals surface area (Å²) in [6.45, 7) is 8.28. The molecule has 2 aromatic rings. The maximum atomic E-state index is 12.6. The van der Waals surface area contributed by atoms with Crippen LogP contribution in [0.1, 0.15) is 24.1 Å². The number of benzene rings is 2.